The average Bonchev–Trinajstić information content (AvgIpc) is 2.86. The molecule has 0 aliphatic carbocycles. The number of anilines is 2. The largest absolute Gasteiger partial charge is 0.372 e. The summed E-state index contributed by atoms with van der Waals surface area (Å²) in [5, 5.41) is 3.21. The minimum atomic E-state index is -3.50. The number of carbonyl (C=O) groups excluding carboxylic acids is 1. The number of benzene rings is 1. The number of amides is 1. The molecule has 0 radical (unpaired) electrons. The summed E-state index contributed by atoms with van der Waals surface area (Å²) in [6, 6.07) is 11.3. The van der Waals surface area contributed by atoms with Gasteiger partial charge in [0.25, 0.3) is 0 Å². The third-order valence-corrected chi connectivity index (χ3v) is 9.12. The van der Waals surface area contributed by atoms with Gasteiger partial charge in [0.2, 0.25) is 15.9 Å². The molecule has 7 nitrogen and oxygen atoms in total. The Morgan fingerprint density at radius 1 is 0.939 bits per heavy atom. The van der Waals surface area contributed by atoms with Gasteiger partial charge in [-0.15, -0.1) is 0 Å². The van der Waals surface area contributed by atoms with Crippen molar-refractivity contribution in [3.05, 3.63) is 42.6 Å². The molecule has 2 aliphatic rings. The number of nitrogens with one attached hydrogen (secondary N) is 1. The number of sulfonamides is 1. The molecule has 9 heteroatoms. The van der Waals surface area contributed by atoms with Crippen molar-refractivity contribution in [2.24, 2.45) is 0 Å². The van der Waals surface area contributed by atoms with Crippen molar-refractivity contribution in [1.29, 1.82) is 0 Å². The highest BCUT2D eigenvalue weighted by Crippen LogP contribution is 2.26. The van der Waals surface area contributed by atoms with Crippen LogP contribution in [-0.2, 0) is 14.8 Å². The molecule has 1 N–H and O–H groups in total. The van der Waals surface area contributed by atoms with Crippen LogP contribution in [-0.4, -0.2) is 55.0 Å². The van der Waals surface area contributed by atoms with Crippen LogP contribution in [0.5, 0.6) is 0 Å². The molecule has 1 aromatic carbocycles. The third kappa shape index (κ3) is 6.07. The van der Waals surface area contributed by atoms with Crippen molar-refractivity contribution in [2.45, 2.75) is 60.6 Å². The fraction of sp³-hybridized carbons (Fsp3) is 0.500. The topological polar surface area (TPSA) is 82.6 Å². The molecule has 2 aromatic rings. The minimum absolute atomic E-state index is 0.113. The number of hydrogen-bond donors (Lipinski definition) is 1. The first-order chi connectivity index (χ1) is 15.9. The molecule has 0 spiro atoms. The van der Waals surface area contributed by atoms with Crippen LogP contribution in [0.15, 0.2) is 52.5 Å². The number of nitrogens with zero attached hydrogens (tertiary/aromatic N) is 3. The summed E-state index contributed by atoms with van der Waals surface area (Å²) in [6.07, 6.45) is 8.02. The van der Waals surface area contributed by atoms with E-state index in [1.165, 1.54) is 47.2 Å². The van der Waals surface area contributed by atoms with Gasteiger partial charge in [0.05, 0.1) is 10.3 Å². The minimum Gasteiger partial charge on any atom is -0.372 e. The second kappa shape index (κ2) is 10.9. The number of carbonyl (C=O) groups is 1. The summed E-state index contributed by atoms with van der Waals surface area (Å²) in [6.45, 7) is 5.13. The highest BCUT2D eigenvalue weighted by Gasteiger charge is 2.26. The van der Waals surface area contributed by atoms with Crippen molar-refractivity contribution in [2.75, 3.05) is 36.4 Å². The number of hydrogen-bond acceptors (Lipinski definition) is 6. The Balaban J connectivity index is 1.32. The van der Waals surface area contributed by atoms with E-state index in [9.17, 15) is 13.2 Å². The van der Waals surface area contributed by atoms with Crippen molar-refractivity contribution >= 4 is 39.1 Å². The first-order valence-electron chi connectivity index (χ1n) is 11.7. The van der Waals surface area contributed by atoms with Gasteiger partial charge in [0, 0.05) is 43.8 Å². The van der Waals surface area contributed by atoms with Crippen LogP contribution in [0.4, 0.5) is 11.4 Å². The highest BCUT2D eigenvalue weighted by atomic mass is 32.2. The molecule has 3 heterocycles. The van der Waals surface area contributed by atoms with E-state index in [0.29, 0.717) is 18.1 Å². The summed E-state index contributed by atoms with van der Waals surface area (Å²) >= 11 is 1.31. The molecule has 4 rings (SSSR count). The SMILES string of the molecule is CC(Sc1ccc(S(=O)(=O)N2CCCCC2)cn1)C(=O)Nc1ccc(N2CCCCC2)cc1. The van der Waals surface area contributed by atoms with Gasteiger partial charge in [0.1, 0.15) is 4.90 Å². The van der Waals surface area contributed by atoms with Crippen LogP contribution in [0.1, 0.15) is 45.4 Å². The van der Waals surface area contributed by atoms with Gasteiger partial charge in [0.15, 0.2) is 0 Å². The molecule has 1 aromatic heterocycles. The Hall–Kier alpha value is -2.10. The zero-order valence-corrected chi connectivity index (χ0v) is 20.7. The van der Waals surface area contributed by atoms with E-state index in [1.807, 2.05) is 19.1 Å². The first-order valence-corrected chi connectivity index (χ1v) is 14.0. The van der Waals surface area contributed by atoms with E-state index in [4.69, 9.17) is 0 Å². The summed E-state index contributed by atoms with van der Waals surface area (Å²) in [5.41, 5.74) is 1.96. The molecule has 1 amide bonds. The predicted octanol–water partition coefficient (Wildman–Crippen LogP) is 4.37. The Morgan fingerprint density at radius 2 is 1.58 bits per heavy atom. The van der Waals surface area contributed by atoms with E-state index in [0.717, 1.165) is 38.0 Å². The molecule has 1 unspecified atom stereocenters. The Bertz CT molecular complexity index is 1030. The molecule has 2 saturated heterocycles. The van der Waals surface area contributed by atoms with Gasteiger partial charge < -0.3 is 10.2 Å². The van der Waals surface area contributed by atoms with Crippen LogP contribution in [0.3, 0.4) is 0 Å². The van der Waals surface area contributed by atoms with Crippen molar-refractivity contribution in [1.82, 2.24) is 9.29 Å². The molecule has 2 fully saturated rings. The van der Waals surface area contributed by atoms with Crippen molar-refractivity contribution in [3.8, 4) is 0 Å². The standard InChI is InChI=1S/C24H32N4O3S2/c1-19(24(29)26-20-8-10-21(11-9-20)27-14-4-2-5-15-27)32-23-13-12-22(18-25-23)33(30,31)28-16-6-3-7-17-28/h8-13,18-19H,2-7,14-17H2,1H3,(H,26,29). The zero-order valence-electron chi connectivity index (χ0n) is 19.1. The molecule has 178 valence electrons. The maximum absolute atomic E-state index is 12.8. The molecule has 2 aliphatic heterocycles. The number of aromatic nitrogens is 1. The van der Waals surface area contributed by atoms with Crippen LogP contribution in [0.25, 0.3) is 0 Å². The lowest BCUT2D eigenvalue weighted by atomic mass is 10.1. The Kier molecular flexibility index (Phi) is 7.93. The monoisotopic (exact) mass is 488 g/mol. The van der Waals surface area contributed by atoms with Crippen LogP contribution >= 0.6 is 11.8 Å². The fourth-order valence-corrected chi connectivity index (χ4v) is 6.48. The average molecular weight is 489 g/mol. The Labute approximate surface area is 201 Å². The van der Waals surface area contributed by atoms with E-state index >= 15 is 0 Å². The third-order valence-electron chi connectivity index (χ3n) is 6.18. The highest BCUT2D eigenvalue weighted by molar-refractivity contribution is 8.00. The molecular formula is C24H32N4O3S2. The lowest BCUT2D eigenvalue weighted by molar-refractivity contribution is -0.115. The van der Waals surface area contributed by atoms with Crippen LogP contribution in [0.2, 0.25) is 0 Å². The van der Waals surface area contributed by atoms with Crippen LogP contribution < -0.4 is 10.2 Å². The van der Waals surface area contributed by atoms with E-state index in [2.05, 4.69) is 27.3 Å². The van der Waals surface area contributed by atoms with Gasteiger partial charge in [-0.1, -0.05) is 18.2 Å². The van der Waals surface area contributed by atoms with E-state index in [1.54, 1.807) is 12.1 Å². The van der Waals surface area contributed by atoms with Gasteiger partial charge >= 0.3 is 0 Å². The number of pyridine rings is 1. The van der Waals surface area contributed by atoms with E-state index in [-0.39, 0.29) is 16.1 Å². The molecule has 0 bridgehead atoms. The number of rotatable bonds is 7. The van der Waals surface area contributed by atoms with Gasteiger partial charge in [-0.25, -0.2) is 13.4 Å². The van der Waals surface area contributed by atoms with Crippen LogP contribution in [0, 0.1) is 0 Å². The number of piperidine rings is 2. The lowest BCUT2D eigenvalue weighted by Crippen LogP contribution is -2.35. The predicted molar refractivity (Wildman–Crippen MR) is 133 cm³/mol. The molecular weight excluding hydrogens is 456 g/mol. The second-order valence-electron chi connectivity index (χ2n) is 8.64. The van der Waals surface area contributed by atoms with Gasteiger partial charge in [-0.3, -0.25) is 4.79 Å². The first kappa shape index (κ1) is 24.0. The summed E-state index contributed by atoms with van der Waals surface area (Å²) in [5.74, 6) is -0.113. The second-order valence-corrected chi connectivity index (χ2v) is 11.9. The van der Waals surface area contributed by atoms with Crippen molar-refractivity contribution < 1.29 is 13.2 Å². The normalized spacial score (nSPS) is 18.6. The zero-order chi connectivity index (χ0) is 23.3. The molecule has 1 atom stereocenters. The molecule has 33 heavy (non-hydrogen) atoms. The Morgan fingerprint density at radius 3 is 2.18 bits per heavy atom. The number of thioether (sulfide) groups is 1. The molecule has 0 saturated carbocycles. The lowest BCUT2D eigenvalue weighted by Gasteiger charge is -2.28. The maximum Gasteiger partial charge on any atom is 0.244 e. The van der Waals surface area contributed by atoms with Crippen molar-refractivity contribution in [3.63, 3.8) is 0 Å². The summed E-state index contributed by atoms with van der Waals surface area (Å²) in [7, 11) is -3.50. The fourth-order valence-electron chi connectivity index (χ4n) is 4.23. The van der Waals surface area contributed by atoms with Gasteiger partial charge in [-0.05, 0) is 75.4 Å². The van der Waals surface area contributed by atoms with E-state index < -0.39 is 10.0 Å². The summed E-state index contributed by atoms with van der Waals surface area (Å²) in [4.78, 5) is 19.6. The van der Waals surface area contributed by atoms with Gasteiger partial charge in [-0.2, -0.15) is 4.31 Å². The smallest absolute Gasteiger partial charge is 0.244 e. The summed E-state index contributed by atoms with van der Waals surface area (Å²) < 4.78 is 27.1. The quantitative estimate of drug-likeness (QED) is 0.583. The maximum atomic E-state index is 12.8.